The van der Waals surface area contributed by atoms with Crippen LogP contribution in [0.2, 0.25) is 0 Å². The van der Waals surface area contributed by atoms with Crippen LogP contribution in [0.3, 0.4) is 0 Å². The van der Waals surface area contributed by atoms with Gasteiger partial charge in [0.05, 0.1) is 31.0 Å². The summed E-state index contributed by atoms with van der Waals surface area (Å²) in [5, 5.41) is 4.53. The first-order chi connectivity index (χ1) is 14.1. The molecule has 4 rings (SSSR count). The van der Waals surface area contributed by atoms with Crippen LogP contribution >= 0.6 is 11.8 Å². The molecule has 8 heteroatoms. The zero-order chi connectivity index (χ0) is 20.4. The van der Waals surface area contributed by atoms with E-state index in [0.717, 1.165) is 33.2 Å². The second-order valence-corrected chi connectivity index (χ2v) is 7.45. The van der Waals surface area contributed by atoms with Gasteiger partial charge in [-0.2, -0.15) is 0 Å². The Morgan fingerprint density at radius 2 is 1.93 bits per heavy atom. The Morgan fingerprint density at radius 1 is 1.14 bits per heavy atom. The fourth-order valence-corrected chi connectivity index (χ4v) is 3.92. The summed E-state index contributed by atoms with van der Waals surface area (Å²) in [5.74, 6) is 1.41. The lowest BCUT2D eigenvalue weighted by Crippen LogP contribution is -2.14. The van der Waals surface area contributed by atoms with Crippen molar-refractivity contribution in [2.75, 3.05) is 25.3 Å². The van der Waals surface area contributed by atoms with Crippen molar-refractivity contribution in [1.29, 1.82) is 0 Å². The number of rotatable bonds is 6. The monoisotopic (exact) mass is 408 g/mol. The van der Waals surface area contributed by atoms with Crippen LogP contribution in [0, 0.1) is 6.92 Å². The molecule has 0 unspecified atom stereocenters. The number of H-pyrrole nitrogens is 1. The number of nitrogens with one attached hydrogen (secondary N) is 2. The fourth-order valence-electron chi connectivity index (χ4n) is 3.16. The molecule has 148 valence electrons. The quantitative estimate of drug-likeness (QED) is 0.368. The van der Waals surface area contributed by atoms with E-state index in [1.54, 1.807) is 14.2 Å². The van der Waals surface area contributed by atoms with Gasteiger partial charge in [0.2, 0.25) is 5.91 Å². The van der Waals surface area contributed by atoms with E-state index in [1.165, 1.54) is 18.1 Å². The number of aromatic amines is 1. The molecule has 2 aromatic carbocycles. The molecule has 29 heavy (non-hydrogen) atoms. The molecule has 0 aliphatic carbocycles. The van der Waals surface area contributed by atoms with Crippen molar-refractivity contribution in [1.82, 2.24) is 15.0 Å². The summed E-state index contributed by atoms with van der Waals surface area (Å²) in [5.41, 5.74) is 4.30. The molecule has 0 aliphatic heterocycles. The number of ether oxygens (including phenoxy) is 2. The molecule has 4 aromatic rings. The maximum atomic E-state index is 12.4. The van der Waals surface area contributed by atoms with Crippen LogP contribution in [0.4, 0.5) is 5.69 Å². The van der Waals surface area contributed by atoms with Gasteiger partial charge < -0.3 is 19.8 Å². The molecule has 0 aliphatic rings. The van der Waals surface area contributed by atoms with E-state index >= 15 is 0 Å². The van der Waals surface area contributed by atoms with E-state index in [1.807, 2.05) is 43.3 Å². The standard InChI is InChI=1S/C21H20N4O3S/c1-12-5-4-6-13(7-12)24-18(26)10-29-21-20-19(22-11-23-21)14-8-16(27-2)17(28-3)9-15(14)25-20/h4-9,11,25H,10H2,1-3H3,(H,24,26). The van der Waals surface area contributed by atoms with E-state index in [2.05, 4.69) is 20.3 Å². The Labute approximate surface area is 171 Å². The average molecular weight is 408 g/mol. The number of carbonyl (C=O) groups excluding carboxylic acids is 1. The number of hydrogen-bond donors (Lipinski definition) is 2. The van der Waals surface area contributed by atoms with Gasteiger partial charge in [0, 0.05) is 17.1 Å². The van der Waals surface area contributed by atoms with Gasteiger partial charge in [-0.3, -0.25) is 4.79 Å². The molecular formula is C21H20N4O3S. The zero-order valence-corrected chi connectivity index (χ0v) is 17.1. The highest BCUT2D eigenvalue weighted by atomic mass is 32.2. The lowest BCUT2D eigenvalue weighted by atomic mass is 10.2. The van der Waals surface area contributed by atoms with Crippen LogP contribution in [0.15, 0.2) is 47.8 Å². The van der Waals surface area contributed by atoms with Gasteiger partial charge in [0.1, 0.15) is 16.9 Å². The third kappa shape index (κ3) is 3.84. The van der Waals surface area contributed by atoms with Crippen molar-refractivity contribution < 1.29 is 14.3 Å². The van der Waals surface area contributed by atoms with Crippen LogP contribution < -0.4 is 14.8 Å². The highest BCUT2D eigenvalue weighted by Gasteiger charge is 2.15. The molecule has 0 saturated heterocycles. The predicted octanol–water partition coefficient (Wildman–Crippen LogP) is 4.17. The Bertz CT molecular complexity index is 1210. The zero-order valence-electron chi connectivity index (χ0n) is 16.3. The number of nitrogens with zero attached hydrogens (tertiary/aromatic N) is 2. The molecule has 0 bridgehead atoms. The lowest BCUT2D eigenvalue weighted by Gasteiger charge is -2.06. The van der Waals surface area contributed by atoms with Crippen molar-refractivity contribution in [3.63, 3.8) is 0 Å². The number of benzene rings is 2. The fraction of sp³-hybridized carbons (Fsp3) is 0.190. The molecule has 2 N–H and O–H groups in total. The molecular weight excluding hydrogens is 388 g/mol. The lowest BCUT2D eigenvalue weighted by molar-refractivity contribution is -0.113. The van der Waals surface area contributed by atoms with Gasteiger partial charge in [-0.1, -0.05) is 23.9 Å². The van der Waals surface area contributed by atoms with Crippen molar-refractivity contribution >= 4 is 45.3 Å². The van der Waals surface area contributed by atoms with Crippen molar-refractivity contribution in [2.24, 2.45) is 0 Å². The van der Waals surface area contributed by atoms with Crippen LogP contribution in [0.5, 0.6) is 11.5 Å². The van der Waals surface area contributed by atoms with Crippen LogP contribution in [0.1, 0.15) is 5.56 Å². The number of amides is 1. The topological polar surface area (TPSA) is 89.1 Å². The van der Waals surface area contributed by atoms with Crippen LogP contribution in [-0.2, 0) is 4.79 Å². The van der Waals surface area contributed by atoms with Crippen molar-refractivity contribution in [3.8, 4) is 11.5 Å². The van der Waals surface area contributed by atoms with Crippen molar-refractivity contribution in [2.45, 2.75) is 11.9 Å². The van der Waals surface area contributed by atoms with Crippen LogP contribution in [-0.4, -0.2) is 40.8 Å². The summed E-state index contributed by atoms with van der Waals surface area (Å²) in [6.07, 6.45) is 1.51. The van der Waals surface area contributed by atoms with Gasteiger partial charge in [-0.15, -0.1) is 0 Å². The molecule has 2 heterocycles. The number of methoxy groups -OCH3 is 2. The Kier molecular flexibility index (Phi) is 5.26. The smallest absolute Gasteiger partial charge is 0.234 e. The van der Waals surface area contributed by atoms with E-state index in [0.29, 0.717) is 16.5 Å². The van der Waals surface area contributed by atoms with Crippen molar-refractivity contribution in [3.05, 3.63) is 48.3 Å². The van der Waals surface area contributed by atoms with Crippen LogP contribution in [0.25, 0.3) is 21.9 Å². The summed E-state index contributed by atoms with van der Waals surface area (Å²) >= 11 is 1.36. The summed E-state index contributed by atoms with van der Waals surface area (Å²) in [4.78, 5) is 24.5. The number of thioether (sulfide) groups is 1. The SMILES string of the molecule is COc1cc2[nH]c3c(SCC(=O)Nc4cccc(C)c4)ncnc3c2cc1OC. The second kappa shape index (κ2) is 8.00. The number of aromatic nitrogens is 3. The van der Waals surface area contributed by atoms with Gasteiger partial charge in [-0.25, -0.2) is 9.97 Å². The highest BCUT2D eigenvalue weighted by Crippen LogP contribution is 2.36. The minimum atomic E-state index is -0.0909. The molecule has 0 saturated carbocycles. The van der Waals surface area contributed by atoms with E-state index in [4.69, 9.17) is 9.47 Å². The highest BCUT2D eigenvalue weighted by molar-refractivity contribution is 8.00. The summed E-state index contributed by atoms with van der Waals surface area (Å²) < 4.78 is 10.8. The molecule has 7 nitrogen and oxygen atoms in total. The maximum absolute atomic E-state index is 12.4. The van der Waals surface area contributed by atoms with Gasteiger partial charge in [0.25, 0.3) is 0 Å². The third-order valence-electron chi connectivity index (χ3n) is 4.49. The molecule has 0 atom stereocenters. The summed E-state index contributed by atoms with van der Waals surface area (Å²) in [6.45, 7) is 1.99. The third-order valence-corrected chi connectivity index (χ3v) is 5.48. The number of aryl methyl sites for hydroxylation is 1. The predicted molar refractivity (Wildman–Crippen MR) is 115 cm³/mol. The molecule has 0 spiro atoms. The minimum Gasteiger partial charge on any atom is -0.493 e. The Morgan fingerprint density at radius 3 is 2.69 bits per heavy atom. The maximum Gasteiger partial charge on any atom is 0.234 e. The minimum absolute atomic E-state index is 0.0909. The first kappa shape index (κ1) is 19.1. The molecule has 2 aromatic heterocycles. The number of anilines is 1. The van der Waals surface area contributed by atoms with E-state index < -0.39 is 0 Å². The average Bonchev–Trinajstić information content (AvgIpc) is 3.09. The number of fused-ring (bicyclic) bond motifs is 3. The molecule has 0 radical (unpaired) electrons. The van der Waals surface area contributed by atoms with Gasteiger partial charge in [-0.05, 0) is 30.7 Å². The Balaban J connectivity index is 1.60. The number of hydrogen-bond acceptors (Lipinski definition) is 6. The number of carbonyl (C=O) groups is 1. The normalized spacial score (nSPS) is 11.0. The Hall–Kier alpha value is -3.26. The summed E-state index contributed by atoms with van der Waals surface area (Å²) in [6, 6.07) is 11.5. The summed E-state index contributed by atoms with van der Waals surface area (Å²) in [7, 11) is 3.20. The first-order valence-electron chi connectivity index (χ1n) is 8.96. The van der Waals surface area contributed by atoms with E-state index in [9.17, 15) is 4.79 Å². The largest absolute Gasteiger partial charge is 0.493 e. The second-order valence-electron chi connectivity index (χ2n) is 6.49. The van der Waals surface area contributed by atoms with E-state index in [-0.39, 0.29) is 11.7 Å². The first-order valence-corrected chi connectivity index (χ1v) is 9.95. The van der Waals surface area contributed by atoms with Gasteiger partial charge in [0.15, 0.2) is 11.5 Å². The molecule has 0 fully saturated rings. The van der Waals surface area contributed by atoms with Gasteiger partial charge >= 0.3 is 0 Å². The molecule has 1 amide bonds.